The van der Waals surface area contributed by atoms with Crippen LogP contribution in [0.5, 0.6) is 0 Å². The summed E-state index contributed by atoms with van der Waals surface area (Å²) >= 11 is 1.86. The Labute approximate surface area is 489 Å². The first-order chi connectivity index (χ1) is 41.7. The lowest BCUT2D eigenvalue weighted by Gasteiger charge is -2.31. The van der Waals surface area contributed by atoms with Gasteiger partial charge in [0.1, 0.15) is 0 Å². The van der Waals surface area contributed by atoms with Crippen LogP contribution in [0.3, 0.4) is 0 Å². The third-order valence-electron chi connectivity index (χ3n) is 19.0. The van der Waals surface area contributed by atoms with Crippen LogP contribution in [0.2, 0.25) is 0 Å². The lowest BCUT2D eigenvalue weighted by Crippen LogP contribution is -2.12. The smallest absolute Gasteiger partial charge is 0.160 e. The predicted octanol–water partition coefficient (Wildman–Crippen LogP) is 22.8. The van der Waals surface area contributed by atoms with Crippen molar-refractivity contribution in [2.45, 2.75) is 94.7 Å². The number of hydrogen-bond acceptors (Lipinski definition) is 3. The van der Waals surface area contributed by atoms with Gasteiger partial charge in [-0.2, -0.15) is 0 Å². The van der Waals surface area contributed by atoms with E-state index < -0.39 is 17.7 Å². The van der Waals surface area contributed by atoms with Gasteiger partial charge in [0.2, 0.25) is 0 Å². The fraction of sp³-hybridized carbons (Fsp3) is 0.190. The molecule has 0 N–H and O–H groups in total. The molecule has 0 radical (unpaired) electrons. The fourth-order valence-electron chi connectivity index (χ4n) is 15.3. The van der Waals surface area contributed by atoms with E-state index in [-0.39, 0.29) is 0 Å². The van der Waals surface area contributed by atoms with Crippen LogP contribution in [0, 0.1) is 0 Å². The summed E-state index contributed by atoms with van der Waals surface area (Å²) in [4.78, 5) is 11.7. The molecule has 3 saturated carbocycles. The van der Waals surface area contributed by atoms with Gasteiger partial charge in [-0.1, -0.05) is 227 Å². The van der Waals surface area contributed by atoms with Crippen LogP contribution < -0.4 is 0 Å². The molecular weight excluding hydrogens is 1010 g/mol. The molecule has 5 aliphatic carbocycles. The standard InChI is InChI=1S/C79H62N2S/c1-2-21-48(20-1)68-46-69(49-22-3-4-23-49)76(75(50-24-5-6-25-50)74(68)52-41-43-63-58-30-10-9-28-56(58)54-26-7-8-27-55(54)57-29-11-13-33-61(57)71(63)45-52)79-80-47-72-64-42-40-51(53-37-19-38-67-65-35-17-18-39-73(65)82-78(53)67)44-70(64)62-34-14-12-31-59(62)60-32-15-16-36-66(60)77(72)81-79/h7-19,26-50H,1-6,20-25H2/i48D,49D,50D. The zero-order valence-corrected chi connectivity index (χ0v) is 46.8. The molecule has 2 heterocycles. The van der Waals surface area contributed by atoms with Gasteiger partial charge >= 0.3 is 0 Å². The number of fused-ring (bicyclic) bond motifs is 19. The van der Waals surface area contributed by atoms with Crippen molar-refractivity contribution in [3.05, 3.63) is 229 Å². The largest absolute Gasteiger partial charge is 0.236 e. The van der Waals surface area contributed by atoms with Gasteiger partial charge in [-0.05, 0) is 186 Å². The second-order valence-electron chi connectivity index (χ2n) is 23.5. The highest BCUT2D eigenvalue weighted by molar-refractivity contribution is 7.26. The minimum absolute atomic E-state index is 0.569. The molecule has 3 fully saturated rings. The SMILES string of the molecule is [2H]C1(c2cc(C3([2H])CCCC3)c(-c3ncc4c(n3)-c3ccccc3-c3ccccc3-c3cc(-c5cccc6c5sc5ccccc56)ccc3-4)c(C3([2H])CCCC3)c2-c2ccc3c(c2)-c2ccccc2-c2ccccc2-c2ccccc2-3)CCCC1. The second-order valence-corrected chi connectivity index (χ2v) is 24.6. The van der Waals surface area contributed by atoms with Crippen molar-refractivity contribution in [2.75, 3.05) is 0 Å². The highest BCUT2D eigenvalue weighted by Crippen LogP contribution is 2.57. The second kappa shape index (κ2) is 19.6. The molecule has 82 heavy (non-hydrogen) atoms. The number of hydrogen-bond donors (Lipinski definition) is 0. The van der Waals surface area contributed by atoms with E-state index in [1.54, 1.807) is 0 Å². The van der Waals surface area contributed by atoms with E-state index in [1.165, 1.54) is 53.6 Å². The number of nitrogens with zero attached hydrogens (tertiary/aromatic N) is 2. The molecule has 5 aliphatic rings. The molecule has 17 rings (SSSR count). The molecule has 12 aromatic rings. The molecule has 3 heteroatoms. The maximum Gasteiger partial charge on any atom is 0.160 e. The Morgan fingerprint density at radius 2 is 0.756 bits per heavy atom. The highest BCUT2D eigenvalue weighted by atomic mass is 32.1. The van der Waals surface area contributed by atoms with Gasteiger partial charge in [0.05, 0.1) is 5.69 Å². The van der Waals surface area contributed by atoms with Crippen LogP contribution in [-0.2, 0) is 0 Å². The van der Waals surface area contributed by atoms with E-state index in [4.69, 9.17) is 9.97 Å². The number of thiophene rings is 1. The lowest BCUT2D eigenvalue weighted by atomic mass is 9.74. The topological polar surface area (TPSA) is 25.8 Å². The third-order valence-corrected chi connectivity index (χ3v) is 20.3. The van der Waals surface area contributed by atoms with Crippen molar-refractivity contribution < 1.29 is 4.11 Å². The predicted molar refractivity (Wildman–Crippen MR) is 345 cm³/mol. The number of rotatable bonds is 6. The van der Waals surface area contributed by atoms with Crippen LogP contribution >= 0.6 is 11.3 Å². The van der Waals surface area contributed by atoms with Crippen molar-refractivity contribution >= 4 is 31.5 Å². The number of aromatic nitrogens is 2. The average Bonchev–Trinajstić information content (AvgIpc) is 3.34. The molecule has 0 unspecified atom stereocenters. The summed E-state index contributed by atoms with van der Waals surface area (Å²) in [6, 6.07) is 75.9. The van der Waals surface area contributed by atoms with E-state index >= 15 is 0 Å². The van der Waals surface area contributed by atoms with Crippen LogP contribution in [-0.4, -0.2) is 9.97 Å². The van der Waals surface area contributed by atoms with Crippen LogP contribution in [0.1, 0.15) is 116 Å². The maximum atomic E-state index is 11.2. The minimum atomic E-state index is -1.03. The Hall–Kier alpha value is -8.50. The summed E-state index contributed by atoms with van der Waals surface area (Å²) in [7, 11) is 0. The molecule has 2 nitrogen and oxygen atoms in total. The molecule has 394 valence electrons. The van der Waals surface area contributed by atoms with Crippen molar-refractivity contribution in [3.63, 3.8) is 0 Å². The van der Waals surface area contributed by atoms with Crippen LogP contribution in [0.4, 0.5) is 0 Å². The summed E-state index contributed by atoms with van der Waals surface area (Å²) in [6.45, 7) is 0. The van der Waals surface area contributed by atoms with Crippen molar-refractivity contribution in [1.82, 2.24) is 9.97 Å². The lowest BCUT2D eigenvalue weighted by molar-refractivity contribution is 0.682. The maximum absolute atomic E-state index is 11.2. The first kappa shape index (κ1) is 45.2. The van der Waals surface area contributed by atoms with E-state index in [2.05, 4.69) is 212 Å². The third kappa shape index (κ3) is 7.65. The quantitative estimate of drug-likeness (QED) is 0.166. The fourth-order valence-corrected chi connectivity index (χ4v) is 16.5. The van der Waals surface area contributed by atoms with Crippen molar-refractivity contribution in [2.24, 2.45) is 0 Å². The zero-order chi connectivity index (χ0) is 56.6. The van der Waals surface area contributed by atoms with Crippen molar-refractivity contribution in [1.29, 1.82) is 0 Å². The summed E-state index contributed by atoms with van der Waals surface area (Å²) < 4.78 is 35.3. The normalized spacial score (nSPS) is 17.2. The molecule has 0 aliphatic heterocycles. The first-order valence-electron chi connectivity index (χ1n) is 31.5. The summed E-state index contributed by atoms with van der Waals surface area (Å²) in [5.74, 6) is -2.31. The molecule has 0 amide bonds. The Kier molecular flexibility index (Phi) is 10.8. The number of benzene rings is 10. The molecule has 0 saturated heterocycles. The summed E-state index contributed by atoms with van der Waals surface area (Å²) in [5, 5.41) is 2.57. The van der Waals surface area contributed by atoms with E-state index in [1.807, 2.05) is 11.3 Å². The molecule has 10 aromatic carbocycles. The van der Waals surface area contributed by atoms with E-state index in [0.717, 1.165) is 152 Å². The molecular formula is C79H62N2S. The Bertz CT molecular complexity index is 4740. The molecule has 0 atom stereocenters. The summed E-state index contributed by atoms with van der Waals surface area (Å²) in [6.07, 6.45) is 12.0. The highest BCUT2D eigenvalue weighted by Gasteiger charge is 2.36. The Morgan fingerprint density at radius 1 is 0.341 bits per heavy atom. The average molecular weight is 1070 g/mol. The monoisotopic (exact) mass is 1070 g/mol. The van der Waals surface area contributed by atoms with Crippen LogP contribution in [0.15, 0.2) is 212 Å². The van der Waals surface area contributed by atoms with Crippen molar-refractivity contribution in [3.8, 4) is 123 Å². The van der Waals surface area contributed by atoms with E-state index in [0.29, 0.717) is 31.5 Å². The van der Waals surface area contributed by atoms with Gasteiger partial charge < -0.3 is 0 Å². The summed E-state index contributed by atoms with van der Waals surface area (Å²) in [5.41, 5.74) is 25.9. The van der Waals surface area contributed by atoms with Gasteiger partial charge in [0.25, 0.3) is 0 Å². The van der Waals surface area contributed by atoms with Gasteiger partial charge in [0, 0.05) is 47.2 Å². The van der Waals surface area contributed by atoms with Crippen LogP contribution in [0.25, 0.3) is 143 Å². The van der Waals surface area contributed by atoms with E-state index in [9.17, 15) is 4.11 Å². The molecule has 0 spiro atoms. The Morgan fingerprint density at radius 3 is 1.33 bits per heavy atom. The molecule has 0 bridgehead atoms. The molecule has 2 aromatic heterocycles. The first-order valence-corrected chi connectivity index (χ1v) is 30.8. The Balaban J connectivity index is 0.952. The van der Waals surface area contributed by atoms with Gasteiger partial charge in [-0.3, -0.25) is 0 Å². The zero-order valence-electron chi connectivity index (χ0n) is 49.0. The van der Waals surface area contributed by atoms with Gasteiger partial charge in [0.15, 0.2) is 5.82 Å². The minimum Gasteiger partial charge on any atom is -0.236 e. The van der Waals surface area contributed by atoms with Gasteiger partial charge in [-0.25, -0.2) is 9.97 Å². The van der Waals surface area contributed by atoms with Gasteiger partial charge in [-0.15, -0.1) is 11.3 Å².